The van der Waals surface area contributed by atoms with E-state index in [1.54, 1.807) is 6.08 Å². The van der Waals surface area contributed by atoms with Gasteiger partial charge in [0.25, 0.3) is 0 Å². The second-order valence-corrected chi connectivity index (χ2v) is 7.05. The Bertz CT molecular complexity index is 499. The van der Waals surface area contributed by atoms with E-state index in [1.807, 2.05) is 25.2 Å². The fourth-order valence-corrected chi connectivity index (χ4v) is 2.98. The van der Waals surface area contributed by atoms with E-state index in [1.165, 1.54) is 25.6 Å². The molecule has 26 heavy (non-hydrogen) atoms. The molecule has 0 aliphatic carbocycles. The van der Waals surface area contributed by atoms with E-state index in [2.05, 4.69) is 34.7 Å². The summed E-state index contributed by atoms with van der Waals surface area (Å²) in [5.41, 5.74) is 0. The normalized spacial score (nSPS) is 14.2. The third kappa shape index (κ3) is 11.6. The van der Waals surface area contributed by atoms with Gasteiger partial charge < -0.3 is 0 Å². The van der Waals surface area contributed by atoms with Crippen molar-refractivity contribution in [2.24, 2.45) is 5.92 Å². The van der Waals surface area contributed by atoms with Crippen molar-refractivity contribution in [1.82, 2.24) is 15.1 Å². The Balaban J connectivity index is 4.43. The summed E-state index contributed by atoms with van der Waals surface area (Å²) in [5.74, 6) is -1.45. The van der Waals surface area contributed by atoms with Crippen LogP contribution in [0.5, 0.6) is 0 Å². The fourth-order valence-electron chi connectivity index (χ4n) is 1.94. The number of hydrogen-bond donors (Lipinski definition) is 1. The summed E-state index contributed by atoms with van der Waals surface area (Å²) in [6.07, 6.45) is 8.01. The number of nitrogens with one attached hydrogen (secondary N) is 1. The Morgan fingerprint density at radius 3 is 2.38 bits per heavy atom. The van der Waals surface area contributed by atoms with Crippen LogP contribution in [0.3, 0.4) is 0 Å². The first kappa shape index (κ1) is 25.0. The van der Waals surface area contributed by atoms with Crippen LogP contribution in [0.15, 0.2) is 49.2 Å². The Labute approximate surface area is 166 Å². The predicted molar refractivity (Wildman–Crippen MR) is 100 cm³/mol. The van der Waals surface area contributed by atoms with Gasteiger partial charge in [0, 0.05) is 0 Å². The van der Waals surface area contributed by atoms with E-state index >= 15 is 0 Å². The predicted octanol–water partition coefficient (Wildman–Crippen LogP) is 3.86. The van der Waals surface area contributed by atoms with Crippen LogP contribution >= 0.6 is 0 Å². The van der Waals surface area contributed by atoms with Gasteiger partial charge in [-0.3, -0.25) is 0 Å². The Kier molecular flexibility index (Phi) is 13.6. The molecule has 0 aromatic rings. The van der Waals surface area contributed by atoms with Gasteiger partial charge in [0.2, 0.25) is 0 Å². The third-order valence-corrected chi connectivity index (χ3v) is 5.12. The molecule has 0 radical (unpaired) electrons. The van der Waals surface area contributed by atoms with E-state index in [-0.39, 0.29) is 0 Å². The Hall–Kier alpha value is -0.972. The van der Waals surface area contributed by atoms with Crippen LogP contribution in [0.1, 0.15) is 20.8 Å². The van der Waals surface area contributed by atoms with Gasteiger partial charge in [-0.05, 0) is 0 Å². The first-order chi connectivity index (χ1) is 12.3. The number of hydrogen-bond acceptors (Lipinski definition) is 3. The molecule has 0 amide bonds. The molecule has 1 atom stereocenters. The van der Waals surface area contributed by atoms with Crippen molar-refractivity contribution in [2.45, 2.75) is 26.9 Å². The van der Waals surface area contributed by atoms with Gasteiger partial charge in [-0.15, -0.1) is 0 Å². The molecule has 3 nitrogen and oxygen atoms in total. The zero-order valence-corrected chi connectivity index (χ0v) is 18.7. The van der Waals surface area contributed by atoms with E-state index in [0.29, 0.717) is 0 Å². The maximum absolute atomic E-state index is 12.5. The quantitative estimate of drug-likeness (QED) is 0.358. The molecular formula is C19H30F3N3W. The molecule has 1 N–H and O–H groups in total. The topological polar surface area (TPSA) is 18.5 Å². The first-order valence-electron chi connectivity index (χ1n) is 8.71. The van der Waals surface area contributed by atoms with Crippen LogP contribution < -0.4 is 5.32 Å². The van der Waals surface area contributed by atoms with E-state index in [4.69, 9.17) is 0 Å². The van der Waals surface area contributed by atoms with E-state index in [0.717, 1.165) is 49.9 Å². The maximum atomic E-state index is 12.5. The molecule has 0 saturated carbocycles. The Morgan fingerprint density at radius 2 is 1.85 bits per heavy atom. The van der Waals surface area contributed by atoms with Crippen molar-refractivity contribution in [3.05, 3.63) is 49.2 Å². The fraction of sp³-hybridized carbons (Fsp3) is 0.526. The number of alkyl halides is 3. The summed E-state index contributed by atoms with van der Waals surface area (Å²) in [6, 6.07) is 0. The standard InChI is InChI=1S/C19H30F3N3.W/c1-5-8-9-10-11-14-24(6-2)15-16-25(7-3)17-23-13-12-18(4)19(20,21)22;/h5,8-13,18,23H,1,6-7,14-16H2,2-4H3;/b9-8-,11-10+,13-12+;. The SMILES string of the molecule is C=C/C=C\C=C\CN(CC)CCN(CC)[C](=[W])N/C=C/C(C)C(F)(F)F. The summed E-state index contributed by atoms with van der Waals surface area (Å²) in [4.78, 5) is 4.47. The molecule has 1 unspecified atom stereocenters. The average molecular weight is 541 g/mol. The summed E-state index contributed by atoms with van der Waals surface area (Å²) < 4.78 is 38.4. The number of rotatable bonds is 13. The summed E-state index contributed by atoms with van der Waals surface area (Å²) in [6.45, 7) is 13.3. The monoisotopic (exact) mass is 541 g/mol. The van der Waals surface area contributed by atoms with Gasteiger partial charge in [-0.25, -0.2) is 0 Å². The number of likely N-dealkylation sites (N-methyl/N-ethyl adjacent to an activating group) is 2. The van der Waals surface area contributed by atoms with Crippen molar-refractivity contribution in [3.8, 4) is 0 Å². The van der Waals surface area contributed by atoms with Crippen LogP contribution in [-0.4, -0.2) is 52.8 Å². The molecular weight excluding hydrogens is 511 g/mol. The zero-order chi connectivity index (χ0) is 20.0. The van der Waals surface area contributed by atoms with Crippen molar-refractivity contribution in [1.29, 1.82) is 0 Å². The second-order valence-electron chi connectivity index (χ2n) is 5.66. The van der Waals surface area contributed by atoms with Gasteiger partial charge in [0.05, 0.1) is 0 Å². The van der Waals surface area contributed by atoms with Crippen LogP contribution in [0.4, 0.5) is 13.2 Å². The van der Waals surface area contributed by atoms with Crippen molar-refractivity contribution in [3.63, 3.8) is 0 Å². The number of nitrogens with zero attached hydrogens (tertiary/aromatic N) is 2. The van der Waals surface area contributed by atoms with Gasteiger partial charge >= 0.3 is 167 Å². The van der Waals surface area contributed by atoms with Crippen LogP contribution in [0.2, 0.25) is 0 Å². The van der Waals surface area contributed by atoms with Crippen molar-refractivity contribution in [2.75, 3.05) is 32.7 Å². The molecule has 0 spiro atoms. The zero-order valence-electron chi connectivity index (χ0n) is 15.8. The molecule has 0 fully saturated rings. The van der Waals surface area contributed by atoms with Gasteiger partial charge in [-0.1, -0.05) is 0 Å². The molecule has 0 saturated heterocycles. The molecule has 0 bridgehead atoms. The second kappa shape index (κ2) is 14.1. The third-order valence-electron chi connectivity index (χ3n) is 3.77. The summed E-state index contributed by atoms with van der Waals surface area (Å²) >= 11 is 1.20. The van der Waals surface area contributed by atoms with Crippen LogP contribution in [0, 0.1) is 5.92 Å². The first-order valence-corrected chi connectivity index (χ1v) is 10.2. The average Bonchev–Trinajstić information content (AvgIpc) is 2.59. The van der Waals surface area contributed by atoms with Crippen molar-refractivity contribution < 1.29 is 32.5 Å². The molecule has 0 aliphatic heterocycles. The Morgan fingerprint density at radius 1 is 1.15 bits per heavy atom. The van der Waals surface area contributed by atoms with E-state index in [9.17, 15) is 13.2 Å². The van der Waals surface area contributed by atoms with E-state index < -0.39 is 12.1 Å². The minimum absolute atomic E-state index is 0.809. The molecule has 0 aliphatic rings. The van der Waals surface area contributed by atoms with Gasteiger partial charge in [0.15, 0.2) is 0 Å². The molecule has 0 rings (SSSR count). The number of halogens is 3. The van der Waals surface area contributed by atoms with Gasteiger partial charge in [0.1, 0.15) is 0 Å². The van der Waals surface area contributed by atoms with Crippen LogP contribution in [-0.2, 0) is 19.4 Å². The molecule has 0 aromatic carbocycles. The minimum atomic E-state index is -4.20. The van der Waals surface area contributed by atoms with Crippen molar-refractivity contribution >= 4 is 4.15 Å². The molecule has 7 heteroatoms. The summed E-state index contributed by atoms with van der Waals surface area (Å²) in [7, 11) is 0. The summed E-state index contributed by atoms with van der Waals surface area (Å²) in [5, 5.41) is 2.99. The molecule has 0 aromatic heterocycles. The molecule has 0 heterocycles. The van der Waals surface area contributed by atoms with Gasteiger partial charge in [-0.2, -0.15) is 0 Å². The molecule has 148 valence electrons. The van der Waals surface area contributed by atoms with Crippen LogP contribution in [0.25, 0.3) is 0 Å². The number of allylic oxidation sites excluding steroid dienone is 5.